The van der Waals surface area contributed by atoms with Gasteiger partial charge in [-0.05, 0) is 30.3 Å². The van der Waals surface area contributed by atoms with Crippen molar-refractivity contribution < 1.29 is 14.4 Å². The Labute approximate surface area is 154 Å². The first-order valence-electron chi connectivity index (χ1n) is 8.28. The number of hydrogen-bond acceptors (Lipinski definition) is 4. The average Bonchev–Trinajstić information content (AvgIpc) is 2.68. The summed E-state index contributed by atoms with van der Waals surface area (Å²) < 4.78 is 0. The molecule has 0 aromatic heterocycles. The Morgan fingerprint density at radius 3 is 2.33 bits per heavy atom. The number of benzene rings is 3. The molecule has 1 aliphatic heterocycles. The van der Waals surface area contributed by atoms with Crippen LogP contribution in [-0.2, 0) is 4.79 Å². The normalized spacial score (nSPS) is 12.8. The second-order valence-corrected chi connectivity index (χ2v) is 6.05. The first-order chi connectivity index (χ1) is 13.1. The lowest BCUT2D eigenvalue weighted by atomic mass is 9.92. The van der Waals surface area contributed by atoms with Crippen LogP contribution in [0.3, 0.4) is 0 Å². The van der Waals surface area contributed by atoms with E-state index >= 15 is 0 Å². The Morgan fingerprint density at radius 2 is 1.63 bits per heavy atom. The predicted octanol–water partition coefficient (Wildman–Crippen LogP) is 3.49. The van der Waals surface area contributed by atoms with Gasteiger partial charge >= 0.3 is 0 Å². The Bertz CT molecular complexity index is 1120. The minimum atomic E-state index is -0.447. The molecule has 0 spiro atoms. The summed E-state index contributed by atoms with van der Waals surface area (Å²) in [5.74, 6) is -1.27. The van der Waals surface area contributed by atoms with Crippen LogP contribution in [-0.4, -0.2) is 17.7 Å². The maximum Gasteiger partial charge on any atom is 0.265 e. The lowest BCUT2D eigenvalue weighted by molar-refractivity contribution is -0.115. The fourth-order valence-electron chi connectivity index (χ4n) is 3.28. The zero-order valence-electron chi connectivity index (χ0n) is 14.1. The zero-order valence-corrected chi connectivity index (χ0v) is 14.1. The van der Waals surface area contributed by atoms with E-state index in [2.05, 4.69) is 5.32 Å². The molecule has 0 saturated carbocycles. The number of carbonyl (C=O) groups excluding carboxylic acids is 3. The number of nitriles is 1. The Kier molecular flexibility index (Phi) is 3.90. The molecule has 0 bridgehead atoms. The van der Waals surface area contributed by atoms with Crippen LogP contribution in [0.25, 0.3) is 10.8 Å². The van der Waals surface area contributed by atoms with Crippen molar-refractivity contribution in [3.05, 3.63) is 71.8 Å². The van der Waals surface area contributed by atoms with Crippen molar-refractivity contribution in [3.63, 3.8) is 0 Å². The van der Waals surface area contributed by atoms with Crippen molar-refractivity contribution >= 4 is 39.9 Å². The third kappa shape index (κ3) is 2.62. The molecule has 0 aliphatic carbocycles. The van der Waals surface area contributed by atoms with Crippen LogP contribution in [0.1, 0.15) is 27.1 Å². The first kappa shape index (κ1) is 16.5. The number of nitrogens with one attached hydrogen (secondary N) is 1. The summed E-state index contributed by atoms with van der Waals surface area (Å²) in [4.78, 5) is 39.0. The fourth-order valence-corrected chi connectivity index (χ4v) is 3.28. The van der Waals surface area contributed by atoms with Gasteiger partial charge in [0.1, 0.15) is 6.42 Å². The van der Waals surface area contributed by atoms with Crippen LogP contribution in [0.4, 0.5) is 11.4 Å². The van der Waals surface area contributed by atoms with E-state index in [0.29, 0.717) is 33.3 Å². The molecule has 1 aliphatic rings. The molecule has 0 saturated heterocycles. The maximum absolute atomic E-state index is 13.0. The molecule has 0 unspecified atom stereocenters. The van der Waals surface area contributed by atoms with Crippen molar-refractivity contribution in [3.8, 4) is 6.07 Å². The van der Waals surface area contributed by atoms with Crippen molar-refractivity contribution in [1.82, 2.24) is 0 Å². The van der Waals surface area contributed by atoms with E-state index in [-0.39, 0.29) is 6.42 Å². The van der Waals surface area contributed by atoms with E-state index in [0.717, 1.165) is 4.90 Å². The van der Waals surface area contributed by atoms with Crippen molar-refractivity contribution in [2.45, 2.75) is 6.42 Å². The van der Waals surface area contributed by atoms with Gasteiger partial charge in [0.2, 0.25) is 5.91 Å². The van der Waals surface area contributed by atoms with Gasteiger partial charge < -0.3 is 5.32 Å². The molecular formula is C21H13N3O3. The van der Waals surface area contributed by atoms with Gasteiger partial charge in [0.05, 0.1) is 11.8 Å². The highest BCUT2D eigenvalue weighted by atomic mass is 16.2. The monoisotopic (exact) mass is 355 g/mol. The minimum Gasteiger partial charge on any atom is -0.325 e. The molecule has 27 heavy (non-hydrogen) atoms. The van der Waals surface area contributed by atoms with Gasteiger partial charge in [-0.25, -0.2) is 4.90 Å². The third-order valence-corrected chi connectivity index (χ3v) is 4.44. The Morgan fingerprint density at radius 1 is 0.926 bits per heavy atom. The van der Waals surface area contributed by atoms with Crippen LogP contribution in [0, 0.1) is 11.3 Å². The number of imide groups is 1. The molecule has 1 heterocycles. The summed E-state index contributed by atoms with van der Waals surface area (Å²) in [5, 5.41) is 12.4. The zero-order chi connectivity index (χ0) is 19.0. The van der Waals surface area contributed by atoms with E-state index in [9.17, 15) is 14.4 Å². The highest BCUT2D eigenvalue weighted by molar-refractivity contribution is 6.36. The molecule has 6 nitrogen and oxygen atoms in total. The van der Waals surface area contributed by atoms with Gasteiger partial charge in [-0.1, -0.05) is 30.3 Å². The summed E-state index contributed by atoms with van der Waals surface area (Å²) in [5.41, 5.74) is 1.75. The van der Waals surface area contributed by atoms with E-state index in [1.807, 2.05) is 6.07 Å². The molecule has 3 aromatic carbocycles. The molecule has 3 amide bonds. The van der Waals surface area contributed by atoms with E-state index in [1.165, 1.54) is 0 Å². The van der Waals surface area contributed by atoms with Gasteiger partial charge in [-0.15, -0.1) is 0 Å². The van der Waals surface area contributed by atoms with Crippen LogP contribution in [0.15, 0.2) is 60.7 Å². The summed E-state index contributed by atoms with van der Waals surface area (Å²) in [6.45, 7) is 0. The van der Waals surface area contributed by atoms with Gasteiger partial charge in [-0.2, -0.15) is 5.26 Å². The Hall–Kier alpha value is -3.98. The SMILES string of the molecule is N#CCC(=O)Nc1ccc2c3c(cccc13)C(=O)N(c1ccccc1)C2=O. The molecule has 6 heteroatoms. The summed E-state index contributed by atoms with van der Waals surface area (Å²) in [6, 6.07) is 18.9. The van der Waals surface area contributed by atoms with Crippen LogP contribution in [0.2, 0.25) is 0 Å². The lowest BCUT2D eigenvalue weighted by Gasteiger charge is -2.27. The highest BCUT2D eigenvalue weighted by Gasteiger charge is 2.34. The largest absolute Gasteiger partial charge is 0.325 e. The van der Waals surface area contributed by atoms with Gasteiger partial charge in [0.15, 0.2) is 0 Å². The molecule has 130 valence electrons. The average molecular weight is 355 g/mol. The van der Waals surface area contributed by atoms with Crippen LogP contribution in [0.5, 0.6) is 0 Å². The van der Waals surface area contributed by atoms with E-state index < -0.39 is 17.7 Å². The smallest absolute Gasteiger partial charge is 0.265 e. The number of carbonyl (C=O) groups is 3. The molecule has 0 fully saturated rings. The summed E-state index contributed by atoms with van der Waals surface area (Å²) in [7, 11) is 0. The topological polar surface area (TPSA) is 90.3 Å². The molecule has 3 aromatic rings. The second kappa shape index (κ2) is 6.39. The minimum absolute atomic E-state index is 0.275. The third-order valence-electron chi connectivity index (χ3n) is 4.44. The predicted molar refractivity (Wildman–Crippen MR) is 100 cm³/mol. The van der Waals surface area contributed by atoms with Gasteiger partial charge in [0.25, 0.3) is 11.8 Å². The van der Waals surface area contributed by atoms with E-state index in [1.54, 1.807) is 60.7 Å². The molecule has 0 radical (unpaired) electrons. The quantitative estimate of drug-likeness (QED) is 0.728. The van der Waals surface area contributed by atoms with Gasteiger partial charge in [0, 0.05) is 27.6 Å². The molecule has 4 rings (SSSR count). The number of hydrogen-bond donors (Lipinski definition) is 1. The number of rotatable bonds is 3. The molecule has 1 N–H and O–H groups in total. The molecule has 0 atom stereocenters. The first-order valence-corrected chi connectivity index (χ1v) is 8.28. The number of nitrogens with zero attached hydrogens (tertiary/aromatic N) is 2. The standard InChI is InChI=1S/C21H13N3O3/c22-12-11-18(25)23-17-10-9-16-19-14(17)7-4-8-15(19)20(26)24(21(16)27)13-5-2-1-3-6-13/h1-10H,11H2,(H,23,25). The number of amides is 3. The van der Waals surface area contributed by atoms with Crippen molar-refractivity contribution in [1.29, 1.82) is 5.26 Å². The fraction of sp³-hybridized carbons (Fsp3) is 0.0476. The number of anilines is 2. The summed E-state index contributed by atoms with van der Waals surface area (Å²) in [6.07, 6.45) is -0.275. The maximum atomic E-state index is 13.0. The highest BCUT2D eigenvalue weighted by Crippen LogP contribution is 2.36. The number of para-hydroxylation sites is 1. The van der Waals surface area contributed by atoms with Gasteiger partial charge in [-0.3, -0.25) is 14.4 Å². The Balaban J connectivity index is 1.88. The second-order valence-electron chi connectivity index (χ2n) is 6.05. The van der Waals surface area contributed by atoms with Crippen molar-refractivity contribution in [2.24, 2.45) is 0 Å². The van der Waals surface area contributed by atoms with E-state index in [4.69, 9.17) is 5.26 Å². The lowest BCUT2D eigenvalue weighted by Crippen LogP contribution is -2.40. The van der Waals surface area contributed by atoms with Crippen LogP contribution >= 0.6 is 0 Å². The van der Waals surface area contributed by atoms with Crippen molar-refractivity contribution in [2.75, 3.05) is 10.2 Å². The molecular weight excluding hydrogens is 342 g/mol. The van der Waals surface area contributed by atoms with Crippen LogP contribution < -0.4 is 10.2 Å². The summed E-state index contributed by atoms with van der Waals surface area (Å²) >= 11 is 0.